The highest BCUT2D eigenvalue weighted by Gasteiger charge is 2.54. The van der Waals surface area contributed by atoms with Crippen molar-refractivity contribution in [3.63, 3.8) is 0 Å². The van der Waals surface area contributed by atoms with Crippen LogP contribution in [0.25, 0.3) is 0 Å². The Morgan fingerprint density at radius 1 is 1.06 bits per heavy atom. The van der Waals surface area contributed by atoms with Crippen LogP contribution < -0.4 is 0 Å². The monoisotopic (exact) mass is 483 g/mol. The van der Waals surface area contributed by atoms with Gasteiger partial charge >= 0.3 is 12.1 Å². The Bertz CT molecular complexity index is 782. The van der Waals surface area contributed by atoms with Crippen molar-refractivity contribution < 1.29 is 23.2 Å². The summed E-state index contributed by atoms with van der Waals surface area (Å²) in [4.78, 5) is 27.7. The summed E-state index contributed by atoms with van der Waals surface area (Å²) in [6, 6.07) is 9.51. The van der Waals surface area contributed by atoms with E-state index < -0.39 is 33.5 Å². The van der Waals surface area contributed by atoms with Gasteiger partial charge in [-0.05, 0) is 45.8 Å². The summed E-state index contributed by atoms with van der Waals surface area (Å²) >= 11 is 0. The van der Waals surface area contributed by atoms with E-state index in [0.29, 0.717) is 13.0 Å². The van der Waals surface area contributed by atoms with E-state index in [1.165, 1.54) is 4.90 Å². The molecule has 1 aliphatic heterocycles. The summed E-state index contributed by atoms with van der Waals surface area (Å²) in [5.74, 6) is -0.447. The minimum Gasteiger partial charge on any atom is -0.459 e. The zero-order chi connectivity index (χ0) is 25.7. The van der Waals surface area contributed by atoms with E-state index in [1.807, 2.05) is 65.0 Å². The standard InChI is InChI=1S/C24H39NO5S.C2H6/c1-22(2,3)29-21(27)25-16-19(30-31(8,9)23(4,5)6)15-24(25,7)20(26)28-17-18-13-11-10-12-14-18;1-2/h10-14,19H,15-17H2,1-9H3;1-2H3/t19-,24?;/m0./s1. The Kier molecular flexibility index (Phi) is 9.88. The SMILES string of the molecule is CC.CC(C)(C)OC(=O)N1C[C@@H](OS(C)(C)C(C)(C)C)CC1(C)C(=O)OCc1ccccc1. The molecule has 1 unspecified atom stereocenters. The van der Waals surface area contributed by atoms with Gasteiger partial charge in [-0.1, -0.05) is 65.0 Å². The highest BCUT2D eigenvalue weighted by Crippen LogP contribution is 2.56. The van der Waals surface area contributed by atoms with Crippen LogP contribution in [0.1, 0.15) is 74.3 Å². The normalized spacial score (nSPS) is 21.7. The minimum absolute atomic E-state index is 0.0312. The molecule has 1 aromatic carbocycles. The number of amides is 1. The van der Waals surface area contributed by atoms with E-state index in [9.17, 15) is 9.59 Å². The second kappa shape index (κ2) is 11.1. The minimum atomic E-state index is -1.43. The largest absolute Gasteiger partial charge is 0.459 e. The lowest BCUT2D eigenvalue weighted by Gasteiger charge is -2.45. The molecule has 7 heteroatoms. The molecule has 33 heavy (non-hydrogen) atoms. The van der Waals surface area contributed by atoms with Gasteiger partial charge < -0.3 is 13.7 Å². The summed E-state index contributed by atoms with van der Waals surface area (Å²) in [6.45, 7) is 18.1. The summed E-state index contributed by atoms with van der Waals surface area (Å²) < 4.78 is 17.7. The van der Waals surface area contributed by atoms with Crippen LogP contribution in [0.15, 0.2) is 30.3 Å². The second-order valence-corrected chi connectivity index (χ2v) is 14.6. The third-order valence-corrected chi connectivity index (χ3v) is 9.43. The van der Waals surface area contributed by atoms with Gasteiger partial charge in [0, 0.05) is 11.2 Å². The zero-order valence-corrected chi connectivity index (χ0v) is 23.3. The third kappa shape index (κ3) is 7.92. The summed E-state index contributed by atoms with van der Waals surface area (Å²) in [5, 5.41) is 0. The Morgan fingerprint density at radius 3 is 2.09 bits per heavy atom. The van der Waals surface area contributed by atoms with Crippen LogP contribution in [0.4, 0.5) is 4.79 Å². The summed E-state index contributed by atoms with van der Waals surface area (Å²) in [6.07, 6.45) is 3.81. The fraction of sp³-hybridized carbons (Fsp3) is 0.692. The molecule has 0 bridgehead atoms. The van der Waals surface area contributed by atoms with Crippen LogP contribution in [-0.2, 0) is 25.1 Å². The lowest BCUT2D eigenvalue weighted by Crippen LogP contribution is -2.52. The van der Waals surface area contributed by atoms with Gasteiger partial charge in [-0.25, -0.2) is 9.59 Å². The number of benzene rings is 1. The van der Waals surface area contributed by atoms with Crippen LogP contribution in [-0.4, -0.2) is 58.0 Å². The second-order valence-electron chi connectivity index (χ2n) is 10.7. The zero-order valence-electron chi connectivity index (χ0n) is 22.5. The average Bonchev–Trinajstić information content (AvgIpc) is 3.03. The molecule has 1 aliphatic rings. The first kappa shape index (κ1) is 29.3. The van der Waals surface area contributed by atoms with Crippen molar-refractivity contribution in [2.24, 2.45) is 0 Å². The maximum absolute atomic E-state index is 13.2. The molecular formula is C26H45NO5S. The lowest BCUT2D eigenvalue weighted by atomic mass is 9.98. The number of likely N-dealkylation sites (tertiary alicyclic amines) is 1. The van der Waals surface area contributed by atoms with Crippen LogP contribution >= 0.6 is 10.3 Å². The van der Waals surface area contributed by atoms with Crippen molar-refractivity contribution in [1.82, 2.24) is 4.90 Å². The van der Waals surface area contributed by atoms with Crippen molar-refractivity contribution in [3.8, 4) is 0 Å². The van der Waals surface area contributed by atoms with Crippen LogP contribution in [0.5, 0.6) is 0 Å². The molecule has 0 spiro atoms. The van der Waals surface area contributed by atoms with Crippen LogP contribution in [0.2, 0.25) is 0 Å². The van der Waals surface area contributed by atoms with Gasteiger partial charge in [0.05, 0.1) is 12.6 Å². The first-order valence-electron chi connectivity index (χ1n) is 11.7. The molecule has 1 aromatic rings. The van der Waals surface area contributed by atoms with E-state index >= 15 is 0 Å². The number of esters is 1. The van der Waals surface area contributed by atoms with E-state index in [4.69, 9.17) is 13.7 Å². The molecule has 2 rings (SSSR count). The van der Waals surface area contributed by atoms with E-state index in [2.05, 4.69) is 33.3 Å². The number of hydrogen-bond acceptors (Lipinski definition) is 5. The van der Waals surface area contributed by atoms with Gasteiger partial charge in [0.1, 0.15) is 17.7 Å². The van der Waals surface area contributed by atoms with Crippen molar-refractivity contribution in [2.75, 3.05) is 19.1 Å². The maximum atomic E-state index is 13.2. The molecule has 1 saturated heterocycles. The van der Waals surface area contributed by atoms with Gasteiger partial charge in [-0.15, -0.1) is 10.3 Å². The predicted molar refractivity (Wildman–Crippen MR) is 138 cm³/mol. The van der Waals surface area contributed by atoms with Gasteiger partial charge in [0.15, 0.2) is 0 Å². The quantitative estimate of drug-likeness (QED) is 0.459. The highest BCUT2D eigenvalue weighted by atomic mass is 32.3. The molecular weight excluding hydrogens is 438 g/mol. The number of rotatable bonds is 5. The fourth-order valence-electron chi connectivity index (χ4n) is 3.24. The molecule has 0 N–H and O–H groups in total. The maximum Gasteiger partial charge on any atom is 0.411 e. The Labute approximate surface area is 202 Å². The number of nitrogens with zero attached hydrogens (tertiary/aromatic N) is 1. The van der Waals surface area contributed by atoms with Gasteiger partial charge in [-0.2, -0.15) is 0 Å². The van der Waals surface area contributed by atoms with E-state index in [0.717, 1.165) is 5.56 Å². The average molecular weight is 484 g/mol. The smallest absolute Gasteiger partial charge is 0.411 e. The Morgan fingerprint density at radius 2 is 1.61 bits per heavy atom. The van der Waals surface area contributed by atoms with Crippen molar-refractivity contribution >= 4 is 22.4 Å². The molecule has 6 nitrogen and oxygen atoms in total. The molecule has 0 radical (unpaired) electrons. The van der Waals surface area contributed by atoms with Gasteiger partial charge in [-0.3, -0.25) is 4.90 Å². The topological polar surface area (TPSA) is 65.1 Å². The summed E-state index contributed by atoms with van der Waals surface area (Å²) in [5.41, 5.74) is -0.928. The Balaban J connectivity index is 0.00000265. The van der Waals surface area contributed by atoms with Gasteiger partial charge in [0.25, 0.3) is 0 Å². The van der Waals surface area contributed by atoms with Gasteiger partial charge in [0.2, 0.25) is 0 Å². The fourth-order valence-corrected chi connectivity index (χ4v) is 4.34. The molecule has 2 atom stereocenters. The molecule has 0 aliphatic carbocycles. The number of carbonyl (C=O) groups is 2. The molecule has 1 fully saturated rings. The number of carbonyl (C=O) groups excluding carboxylic acids is 2. The molecule has 0 saturated carbocycles. The number of hydrogen-bond donors (Lipinski definition) is 0. The predicted octanol–water partition coefficient (Wildman–Crippen LogP) is 6.32. The van der Waals surface area contributed by atoms with Crippen molar-refractivity contribution in [2.45, 2.75) is 97.3 Å². The van der Waals surface area contributed by atoms with Crippen molar-refractivity contribution in [3.05, 3.63) is 35.9 Å². The summed E-state index contributed by atoms with van der Waals surface area (Å²) in [7, 11) is -1.43. The van der Waals surface area contributed by atoms with Crippen LogP contribution in [0.3, 0.4) is 0 Å². The molecule has 1 amide bonds. The highest BCUT2D eigenvalue weighted by molar-refractivity contribution is 8.29. The third-order valence-electron chi connectivity index (χ3n) is 5.72. The van der Waals surface area contributed by atoms with Crippen molar-refractivity contribution in [1.29, 1.82) is 0 Å². The molecule has 0 aromatic heterocycles. The molecule has 190 valence electrons. The number of ether oxygens (including phenoxy) is 2. The van der Waals surface area contributed by atoms with E-state index in [1.54, 1.807) is 6.92 Å². The van der Waals surface area contributed by atoms with Crippen LogP contribution in [0, 0.1) is 0 Å². The lowest BCUT2D eigenvalue weighted by molar-refractivity contribution is -0.156. The Hall–Kier alpha value is -1.73. The first-order valence-corrected chi connectivity index (χ1v) is 14.1. The van der Waals surface area contributed by atoms with E-state index in [-0.39, 0.29) is 17.5 Å². The molecule has 1 heterocycles. The first-order chi connectivity index (χ1) is 15.1.